The van der Waals surface area contributed by atoms with E-state index in [0.29, 0.717) is 0 Å². The van der Waals surface area contributed by atoms with Gasteiger partial charge in [0.05, 0.1) is 16.7 Å². The fourth-order valence-corrected chi connectivity index (χ4v) is 9.15. The molecule has 0 fully saturated rings. The third-order valence-corrected chi connectivity index (χ3v) is 11.7. The fourth-order valence-electron chi connectivity index (χ4n) is 9.15. The molecule has 2 heterocycles. The molecule has 0 bridgehead atoms. The molecule has 0 saturated heterocycles. The van der Waals surface area contributed by atoms with Gasteiger partial charge in [0.2, 0.25) is 0 Å². The number of benzene rings is 10. The summed E-state index contributed by atoms with van der Waals surface area (Å²) in [4.78, 5) is 2.39. The number of ether oxygens (including phenoxy) is 1. The number of hydrogen-bond donors (Lipinski definition) is 0. The van der Waals surface area contributed by atoms with Crippen LogP contribution in [-0.2, 0) is 0 Å². The highest BCUT2D eigenvalue weighted by atomic mass is 16.5. The maximum absolute atomic E-state index is 6.71. The van der Waals surface area contributed by atoms with Crippen LogP contribution in [0.1, 0.15) is 0 Å². The highest BCUT2D eigenvalue weighted by molar-refractivity contribution is 6.15. The Kier molecular flexibility index (Phi) is 6.93. The molecule has 0 unspecified atom stereocenters. The Hall–Kier alpha value is -7.62. The third kappa shape index (κ3) is 4.92. The lowest BCUT2D eigenvalue weighted by Gasteiger charge is -2.29. The molecule has 0 spiro atoms. The van der Waals surface area contributed by atoms with Gasteiger partial charge < -0.3 is 14.2 Å². The van der Waals surface area contributed by atoms with Crippen molar-refractivity contribution in [3.8, 4) is 39.4 Å². The summed E-state index contributed by atoms with van der Waals surface area (Å²) in [5.41, 5.74) is 11.4. The van der Waals surface area contributed by atoms with Gasteiger partial charge in [-0.1, -0.05) is 133 Å². The maximum atomic E-state index is 6.71. The third-order valence-electron chi connectivity index (χ3n) is 11.7. The summed E-state index contributed by atoms with van der Waals surface area (Å²) in [5, 5.41) is 9.70. The second-order valence-electron chi connectivity index (χ2n) is 14.9. The van der Waals surface area contributed by atoms with Crippen LogP contribution in [0.4, 0.5) is 17.1 Å². The molecule has 0 aliphatic carbocycles. The number of rotatable bonds is 5. The van der Waals surface area contributed by atoms with Crippen LogP contribution in [0.15, 0.2) is 206 Å². The molecule has 1 aliphatic heterocycles. The average Bonchev–Trinajstić information content (AvgIpc) is 3.61. The second-order valence-corrected chi connectivity index (χ2v) is 14.9. The fraction of sp³-hybridized carbons (Fsp3) is 0. The first-order valence-electron chi connectivity index (χ1n) is 19.5. The predicted octanol–water partition coefficient (Wildman–Crippen LogP) is 15.2. The Bertz CT molecular complexity index is 3370. The predicted molar refractivity (Wildman–Crippen MR) is 239 cm³/mol. The van der Waals surface area contributed by atoms with E-state index in [1.807, 2.05) is 0 Å². The van der Waals surface area contributed by atoms with Gasteiger partial charge in [0.1, 0.15) is 11.5 Å². The van der Waals surface area contributed by atoms with Crippen molar-refractivity contribution in [3.05, 3.63) is 206 Å². The normalized spacial score (nSPS) is 12.0. The summed E-state index contributed by atoms with van der Waals surface area (Å²) in [5.74, 6) is 1.75. The molecule has 0 radical (unpaired) electrons. The van der Waals surface area contributed by atoms with Gasteiger partial charge in [0, 0.05) is 50.2 Å². The van der Waals surface area contributed by atoms with Crippen LogP contribution >= 0.6 is 0 Å². The van der Waals surface area contributed by atoms with E-state index in [9.17, 15) is 0 Å². The molecule has 10 aromatic carbocycles. The zero-order valence-corrected chi connectivity index (χ0v) is 30.9. The minimum Gasteiger partial charge on any atom is -0.456 e. The van der Waals surface area contributed by atoms with Crippen molar-refractivity contribution in [1.82, 2.24) is 4.57 Å². The van der Waals surface area contributed by atoms with Crippen LogP contribution in [0.5, 0.6) is 11.5 Å². The van der Waals surface area contributed by atoms with E-state index in [2.05, 4.69) is 216 Å². The van der Waals surface area contributed by atoms with Crippen molar-refractivity contribution < 1.29 is 4.74 Å². The number of anilines is 3. The quantitative estimate of drug-likeness (QED) is 0.164. The highest BCUT2D eigenvalue weighted by Gasteiger charge is 2.24. The molecule has 57 heavy (non-hydrogen) atoms. The van der Waals surface area contributed by atoms with E-state index in [1.54, 1.807) is 0 Å². The lowest BCUT2D eigenvalue weighted by atomic mass is 9.94. The average molecular weight is 727 g/mol. The molecular weight excluding hydrogens is 693 g/mol. The van der Waals surface area contributed by atoms with Gasteiger partial charge in [-0.2, -0.15) is 0 Å². The molecule has 266 valence electrons. The van der Waals surface area contributed by atoms with Crippen molar-refractivity contribution in [2.24, 2.45) is 0 Å². The summed E-state index contributed by atoms with van der Waals surface area (Å²) in [6.07, 6.45) is 0. The van der Waals surface area contributed by atoms with Crippen molar-refractivity contribution in [1.29, 1.82) is 0 Å². The smallest absolute Gasteiger partial charge is 0.137 e. The van der Waals surface area contributed by atoms with Crippen molar-refractivity contribution in [2.75, 3.05) is 4.90 Å². The Morgan fingerprint density at radius 1 is 0.368 bits per heavy atom. The second kappa shape index (κ2) is 12.5. The van der Waals surface area contributed by atoms with Gasteiger partial charge in [-0.15, -0.1) is 0 Å². The largest absolute Gasteiger partial charge is 0.456 e. The van der Waals surface area contributed by atoms with Crippen LogP contribution < -0.4 is 9.64 Å². The van der Waals surface area contributed by atoms with E-state index in [-0.39, 0.29) is 0 Å². The monoisotopic (exact) mass is 726 g/mol. The molecule has 0 saturated carbocycles. The molecule has 3 heteroatoms. The van der Waals surface area contributed by atoms with Gasteiger partial charge >= 0.3 is 0 Å². The maximum Gasteiger partial charge on any atom is 0.137 e. The lowest BCUT2D eigenvalue weighted by molar-refractivity contribution is 0.487. The molecule has 1 aliphatic rings. The molecule has 1 aromatic heterocycles. The number of fused-ring (bicyclic) bond motifs is 8. The molecule has 0 amide bonds. The van der Waals surface area contributed by atoms with Gasteiger partial charge in [0.15, 0.2) is 0 Å². The first kappa shape index (κ1) is 31.7. The van der Waals surface area contributed by atoms with Crippen LogP contribution in [0, 0.1) is 0 Å². The van der Waals surface area contributed by atoms with E-state index in [4.69, 9.17) is 4.74 Å². The lowest BCUT2D eigenvalue weighted by Crippen LogP contribution is -2.11. The minimum absolute atomic E-state index is 0.855. The molecular formula is C54H34N2O. The standard InChI is InChI=1S/C54H34N2O/c1-2-15-39(16-3-1)56-49-22-9-8-20-45(49)48-32-37(26-31-50(48)56)35-24-27-40(28-25-35)55(51-33-38-12-4-5-17-42(38)43-18-6-7-19-44(43)51)41-29-30-46-47-21-10-13-36-14-11-23-52(54(36)47)57-53(46)34-41/h1-34H. The van der Waals surface area contributed by atoms with Gasteiger partial charge in [-0.25, -0.2) is 0 Å². The van der Waals surface area contributed by atoms with Crippen LogP contribution in [-0.4, -0.2) is 4.57 Å². The SMILES string of the molecule is c1ccc(-n2c3ccccc3c3cc(-c4ccc(N(c5ccc6c(c5)Oc5cccc7cccc-6c57)c5cc6ccccc6c6ccccc56)cc4)ccc32)cc1. The van der Waals surface area contributed by atoms with E-state index >= 15 is 0 Å². The number of para-hydroxylation sites is 2. The zero-order chi connectivity index (χ0) is 37.5. The van der Waals surface area contributed by atoms with Crippen molar-refractivity contribution in [2.45, 2.75) is 0 Å². The topological polar surface area (TPSA) is 17.4 Å². The van der Waals surface area contributed by atoms with Crippen molar-refractivity contribution >= 4 is 71.2 Å². The Balaban J connectivity index is 1.02. The van der Waals surface area contributed by atoms with Gasteiger partial charge in [-0.3, -0.25) is 0 Å². The van der Waals surface area contributed by atoms with Crippen LogP contribution in [0.3, 0.4) is 0 Å². The van der Waals surface area contributed by atoms with E-state index in [0.717, 1.165) is 45.2 Å². The summed E-state index contributed by atoms with van der Waals surface area (Å²) >= 11 is 0. The van der Waals surface area contributed by atoms with Crippen LogP contribution in [0.2, 0.25) is 0 Å². The summed E-state index contributed by atoms with van der Waals surface area (Å²) in [7, 11) is 0. The van der Waals surface area contributed by atoms with Crippen molar-refractivity contribution in [3.63, 3.8) is 0 Å². The Morgan fingerprint density at radius 2 is 1.04 bits per heavy atom. The highest BCUT2D eigenvalue weighted by Crippen LogP contribution is 2.50. The summed E-state index contributed by atoms with van der Waals surface area (Å²) < 4.78 is 9.08. The first-order valence-corrected chi connectivity index (χ1v) is 19.5. The van der Waals surface area contributed by atoms with Gasteiger partial charge in [-0.05, 0) is 105 Å². The molecule has 11 aromatic rings. The van der Waals surface area contributed by atoms with Gasteiger partial charge in [0.25, 0.3) is 0 Å². The van der Waals surface area contributed by atoms with Crippen LogP contribution in [0.25, 0.3) is 82.1 Å². The number of nitrogens with zero attached hydrogens (tertiary/aromatic N) is 2. The Labute approximate surface area is 329 Å². The summed E-state index contributed by atoms with van der Waals surface area (Å²) in [6.45, 7) is 0. The number of aromatic nitrogens is 1. The minimum atomic E-state index is 0.855. The molecule has 0 atom stereocenters. The molecule has 3 nitrogen and oxygen atoms in total. The number of hydrogen-bond acceptors (Lipinski definition) is 2. The molecule has 0 N–H and O–H groups in total. The summed E-state index contributed by atoms with van der Waals surface area (Å²) in [6, 6.07) is 74.5. The zero-order valence-electron chi connectivity index (χ0n) is 30.9. The Morgan fingerprint density at radius 3 is 1.89 bits per heavy atom. The first-order chi connectivity index (χ1) is 28.3. The molecule has 12 rings (SSSR count). The van der Waals surface area contributed by atoms with E-state index in [1.165, 1.54) is 65.4 Å². The van der Waals surface area contributed by atoms with E-state index < -0.39 is 0 Å².